The van der Waals surface area contributed by atoms with Crippen molar-refractivity contribution in [2.45, 2.75) is 6.92 Å². The van der Waals surface area contributed by atoms with Gasteiger partial charge in [-0.05, 0) is 18.6 Å². The average molecular weight is 176 g/mol. The van der Waals surface area contributed by atoms with Gasteiger partial charge in [0.2, 0.25) is 0 Å². The first-order valence-corrected chi connectivity index (χ1v) is 4.02. The summed E-state index contributed by atoms with van der Waals surface area (Å²) in [7, 11) is 0. The summed E-state index contributed by atoms with van der Waals surface area (Å²) >= 11 is 0. The van der Waals surface area contributed by atoms with E-state index in [4.69, 9.17) is 0 Å². The number of aryl methyl sites for hydroxylation is 1. The van der Waals surface area contributed by atoms with E-state index in [9.17, 15) is 4.39 Å². The molecule has 0 radical (unpaired) electrons. The lowest BCUT2D eigenvalue weighted by Crippen LogP contribution is -1.83. The Hall–Kier alpha value is -1.64. The highest BCUT2D eigenvalue weighted by Crippen LogP contribution is 2.21. The second-order valence-corrected chi connectivity index (χ2v) is 2.97. The maximum atomic E-state index is 13.4. The summed E-state index contributed by atoms with van der Waals surface area (Å²) in [6.07, 6.45) is 3.28. The van der Waals surface area contributed by atoms with Gasteiger partial charge in [0, 0.05) is 17.3 Å². The molecule has 0 bridgehead atoms. The van der Waals surface area contributed by atoms with Crippen molar-refractivity contribution in [3.8, 4) is 11.1 Å². The lowest BCUT2D eigenvalue weighted by atomic mass is 10.1. The van der Waals surface area contributed by atoms with E-state index in [0.29, 0.717) is 5.56 Å². The molecule has 1 heterocycles. The SMILES string of the molecule is Cc1ccc(-c2cn[nH]c2)c(F)c1. The van der Waals surface area contributed by atoms with Crippen molar-refractivity contribution in [3.63, 3.8) is 0 Å². The Morgan fingerprint density at radius 1 is 1.38 bits per heavy atom. The highest BCUT2D eigenvalue weighted by atomic mass is 19.1. The van der Waals surface area contributed by atoms with Gasteiger partial charge in [-0.2, -0.15) is 5.10 Å². The van der Waals surface area contributed by atoms with Gasteiger partial charge in [-0.3, -0.25) is 5.10 Å². The first-order chi connectivity index (χ1) is 6.27. The fraction of sp³-hybridized carbons (Fsp3) is 0.100. The number of rotatable bonds is 1. The van der Waals surface area contributed by atoms with E-state index in [-0.39, 0.29) is 5.82 Å². The van der Waals surface area contributed by atoms with Crippen LogP contribution in [-0.4, -0.2) is 10.2 Å². The van der Waals surface area contributed by atoms with Crippen molar-refractivity contribution in [2.24, 2.45) is 0 Å². The van der Waals surface area contributed by atoms with Crippen LogP contribution in [0.2, 0.25) is 0 Å². The van der Waals surface area contributed by atoms with Crippen LogP contribution < -0.4 is 0 Å². The predicted molar refractivity (Wildman–Crippen MR) is 48.7 cm³/mol. The van der Waals surface area contributed by atoms with E-state index in [1.54, 1.807) is 18.5 Å². The van der Waals surface area contributed by atoms with Gasteiger partial charge in [0.25, 0.3) is 0 Å². The summed E-state index contributed by atoms with van der Waals surface area (Å²) in [6, 6.07) is 5.16. The van der Waals surface area contributed by atoms with Gasteiger partial charge in [-0.1, -0.05) is 12.1 Å². The lowest BCUT2D eigenvalue weighted by molar-refractivity contribution is 0.630. The van der Waals surface area contributed by atoms with E-state index in [2.05, 4.69) is 10.2 Å². The summed E-state index contributed by atoms with van der Waals surface area (Å²) in [5.41, 5.74) is 2.28. The molecule has 2 aromatic rings. The maximum absolute atomic E-state index is 13.4. The molecule has 0 aliphatic rings. The quantitative estimate of drug-likeness (QED) is 0.710. The van der Waals surface area contributed by atoms with Gasteiger partial charge in [0.05, 0.1) is 6.20 Å². The molecule has 66 valence electrons. The highest BCUT2D eigenvalue weighted by molar-refractivity contribution is 5.62. The number of halogens is 1. The van der Waals surface area contributed by atoms with Gasteiger partial charge < -0.3 is 0 Å². The fourth-order valence-corrected chi connectivity index (χ4v) is 1.25. The molecule has 2 nitrogen and oxygen atoms in total. The Labute approximate surface area is 75.4 Å². The molecule has 0 unspecified atom stereocenters. The molecule has 2 rings (SSSR count). The van der Waals surface area contributed by atoms with Crippen molar-refractivity contribution >= 4 is 0 Å². The topological polar surface area (TPSA) is 28.7 Å². The summed E-state index contributed by atoms with van der Waals surface area (Å²) in [4.78, 5) is 0. The lowest BCUT2D eigenvalue weighted by Gasteiger charge is -1.99. The first-order valence-electron chi connectivity index (χ1n) is 4.02. The van der Waals surface area contributed by atoms with Crippen LogP contribution in [0.5, 0.6) is 0 Å². The zero-order valence-electron chi connectivity index (χ0n) is 7.21. The standard InChI is InChI=1S/C10H9FN2/c1-7-2-3-9(10(11)4-7)8-5-12-13-6-8/h2-6H,1H3,(H,12,13). The number of hydrogen-bond acceptors (Lipinski definition) is 1. The number of benzene rings is 1. The molecule has 0 saturated carbocycles. The molecule has 0 fully saturated rings. The van der Waals surface area contributed by atoms with Crippen molar-refractivity contribution in [3.05, 3.63) is 42.0 Å². The smallest absolute Gasteiger partial charge is 0.131 e. The van der Waals surface area contributed by atoms with Crippen LogP contribution in [0.15, 0.2) is 30.6 Å². The highest BCUT2D eigenvalue weighted by Gasteiger charge is 2.04. The summed E-state index contributed by atoms with van der Waals surface area (Å²) in [6.45, 7) is 1.86. The maximum Gasteiger partial charge on any atom is 0.131 e. The number of aromatic nitrogens is 2. The zero-order chi connectivity index (χ0) is 9.26. The number of hydrogen-bond donors (Lipinski definition) is 1. The first kappa shape index (κ1) is 7.98. The molecular formula is C10H9FN2. The van der Waals surface area contributed by atoms with E-state index in [0.717, 1.165) is 11.1 Å². The minimum atomic E-state index is -0.207. The molecule has 0 saturated heterocycles. The van der Waals surface area contributed by atoms with Crippen molar-refractivity contribution in [1.29, 1.82) is 0 Å². The van der Waals surface area contributed by atoms with Gasteiger partial charge in [0.15, 0.2) is 0 Å². The third-order valence-electron chi connectivity index (χ3n) is 1.93. The van der Waals surface area contributed by atoms with Gasteiger partial charge >= 0.3 is 0 Å². The molecule has 1 aromatic heterocycles. The molecule has 0 aliphatic heterocycles. The van der Waals surface area contributed by atoms with Crippen LogP contribution in [0.1, 0.15) is 5.56 Å². The Balaban J connectivity index is 2.53. The van der Waals surface area contributed by atoms with Crippen molar-refractivity contribution in [2.75, 3.05) is 0 Å². The molecule has 3 heteroatoms. The molecular weight excluding hydrogens is 167 g/mol. The monoisotopic (exact) mass is 176 g/mol. The van der Waals surface area contributed by atoms with Crippen LogP contribution in [0.25, 0.3) is 11.1 Å². The third-order valence-corrected chi connectivity index (χ3v) is 1.93. The summed E-state index contributed by atoms with van der Waals surface area (Å²) in [5.74, 6) is -0.207. The molecule has 0 amide bonds. The number of aromatic amines is 1. The van der Waals surface area contributed by atoms with Crippen molar-refractivity contribution in [1.82, 2.24) is 10.2 Å². The second-order valence-electron chi connectivity index (χ2n) is 2.97. The zero-order valence-corrected chi connectivity index (χ0v) is 7.21. The number of H-pyrrole nitrogens is 1. The van der Waals surface area contributed by atoms with E-state index < -0.39 is 0 Å². The normalized spacial score (nSPS) is 10.3. The Kier molecular flexibility index (Phi) is 1.85. The Bertz CT molecular complexity index is 407. The van der Waals surface area contributed by atoms with Crippen LogP contribution in [0.4, 0.5) is 4.39 Å². The summed E-state index contributed by atoms with van der Waals surface area (Å²) < 4.78 is 13.4. The van der Waals surface area contributed by atoms with E-state index in [1.165, 1.54) is 6.07 Å². The van der Waals surface area contributed by atoms with Gasteiger partial charge in [0.1, 0.15) is 5.82 Å². The number of nitrogens with zero attached hydrogens (tertiary/aromatic N) is 1. The molecule has 1 aromatic carbocycles. The van der Waals surface area contributed by atoms with E-state index in [1.807, 2.05) is 13.0 Å². The molecule has 0 spiro atoms. The van der Waals surface area contributed by atoms with Crippen molar-refractivity contribution < 1.29 is 4.39 Å². The summed E-state index contributed by atoms with van der Waals surface area (Å²) in [5, 5.41) is 6.42. The third kappa shape index (κ3) is 1.45. The fourth-order valence-electron chi connectivity index (χ4n) is 1.25. The molecule has 0 atom stereocenters. The minimum Gasteiger partial charge on any atom is -0.285 e. The molecule has 0 aliphatic carbocycles. The minimum absolute atomic E-state index is 0.207. The van der Waals surface area contributed by atoms with Gasteiger partial charge in [-0.25, -0.2) is 4.39 Å². The van der Waals surface area contributed by atoms with Crippen LogP contribution >= 0.6 is 0 Å². The van der Waals surface area contributed by atoms with Crippen LogP contribution in [-0.2, 0) is 0 Å². The Morgan fingerprint density at radius 3 is 2.85 bits per heavy atom. The van der Waals surface area contributed by atoms with Crippen LogP contribution in [0.3, 0.4) is 0 Å². The molecule has 13 heavy (non-hydrogen) atoms. The number of nitrogens with one attached hydrogen (secondary N) is 1. The molecule has 1 N–H and O–H groups in total. The predicted octanol–water partition coefficient (Wildman–Crippen LogP) is 2.52. The van der Waals surface area contributed by atoms with Gasteiger partial charge in [-0.15, -0.1) is 0 Å². The second kappa shape index (κ2) is 3.01. The van der Waals surface area contributed by atoms with E-state index >= 15 is 0 Å². The Morgan fingerprint density at radius 2 is 2.23 bits per heavy atom. The average Bonchev–Trinajstić information content (AvgIpc) is 2.56. The van der Waals surface area contributed by atoms with Crippen LogP contribution in [0, 0.1) is 12.7 Å². The largest absolute Gasteiger partial charge is 0.285 e.